The van der Waals surface area contributed by atoms with Crippen LogP contribution < -0.4 is 5.73 Å². The Morgan fingerprint density at radius 2 is 2.38 bits per heavy atom. The summed E-state index contributed by atoms with van der Waals surface area (Å²) in [6.07, 6.45) is 2.68. The van der Waals surface area contributed by atoms with Crippen LogP contribution in [0.25, 0.3) is 0 Å². The highest BCUT2D eigenvalue weighted by Gasteiger charge is 2.33. The van der Waals surface area contributed by atoms with Gasteiger partial charge in [-0.2, -0.15) is 0 Å². The molecular formula is C11H20ClN3O. The van der Waals surface area contributed by atoms with Crippen LogP contribution in [-0.2, 0) is 6.54 Å². The van der Waals surface area contributed by atoms with Gasteiger partial charge in [0.1, 0.15) is 6.26 Å². The third-order valence-corrected chi connectivity index (χ3v) is 3.27. The number of halogens is 1. The first-order valence-electron chi connectivity index (χ1n) is 5.45. The summed E-state index contributed by atoms with van der Waals surface area (Å²) in [5.41, 5.74) is 7.28. The van der Waals surface area contributed by atoms with E-state index in [0.717, 1.165) is 31.7 Å². The molecule has 0 spiro atoms. The lowest BCUT2D eigenvalue weighted by atomic mass is 9.80. The van der Waals surface area contributed by atoms with Crippen LogP contribution in [0.15, 0.2) is 16.9 Å². The van der Waals surface area contributed by atoms with Crippen LogP contribution in [0.3, 0.4) is 0 Å². The standard InChI is InChI=1S/C11H19N3O.ClH/c1-11(2)8-14(5-3-10(11)12)7-9-4-6-15-13-9;/h4,6,10H,3,5,7-8,12H2,1-2H3;1H. The van der Waals surface area contributed by atoms with Gasteiger partial charge in [-0.15, -0.1) is 12.4 Å². The van der Waals surface area contributed by atoms with Gasteiger partial charge in [-0.05, 0) is 11.8 Å². The Hall–Kier alpha value is -0.580. The molecule has 5 heteroatoms. The van der Waals surface area contributed by atoms with Crippen molar-refractivity contribution in [3.8, 4) is 0 Å². The van der Waals surface area contributed by atoms with E-state index in [1.165, 1.54) is 0 Å². The van der Waals surface area contributed by atoms with Crippen LogP contribution in [0.2, 0.25) is 0 Å². The highest BCUT2D eigenvalue weighted by molar-refractivity contribution is 5.85. The summed E-state index contributed by atoms with van der Waals surface area (Å²) in [6, 6.07) is 2.23. The van der Waals surface area contributed by atoms with Gasteiger partial charge >= 0.3 is 0 Å². The first kappa shape index (κ1) is 13.5. The number of hydrogen-bond acceptors (Lipinski definition) is 4. The van der Waals surface area contributed by atoms with Crippen molar-refractivity contribution in [2.24, 2.45) is 11.1 Å². The quantitative estimate of drug-likeness (QED) is 0.861. The van der Waals surface area contributed by atoms with Crippen molar-refractivity contribution < 1.29 is 4.52 Å². The molecule has 0 radical (unpaired) electrons. The summed E-state index contributed by atoms with van der Waals surface area (Å²) >= 11 is 0. The van der Waals surface area contributed by atoms with Crippen molar-refractivity contribution in [2.45, 2.75) is 32.9 Å². The number of likely N-dealkylation sites (tertiary alicyclic amines) is 1. The number of hydrogen-bond donors (Lipinski definition) is 1. The molecule has 1 atom stereocenters. The van der Waals surface area contributed by atoms with E-state index in [9.17, 15) is 0 Å². The van der Waals surface area contributed by atoms with Crippen molar-refractivity contribution in [3.05, 3.63) is 18.0 Å². The van der Waals surface area contributed by atoms with Crippen molar-refractivity contribution in [1.82, 2.24) is 10.1 Å². The predicted octanol–water partition coefficient (Wildman–Crippen LogP) is 1.66. The Kier molecular flexibility index (Phi) is 4.35. The zero-order valence-corrected chi connectivity index (χ0v) is 10.7. The molecule has 0 aromatic carbocycles. The molecule has 0 aliphatic carbocycles. The van der Waals surface area contributed by atoms with E-state index in [1.54, 1.807) is 6.26 Å². The molecule has 1 saturated heterocycles. The van der Waals surface area contributed by atoms with Crippen molar-refractivity contribution in [2.75, 3.05) is 13.1 Å². The second-order valence-corrected chi connectivity index (χ2v) is 5.09. The molecular weight excluding hydrogens is 226 g/mol. The van der Waals surface area contributed by atoms with Crippen molar-refractivity contribution in [3.63, 3.8) is 0 Å². The summed E-state index contributed by atoms with van der Waals surface area (Å²) in [4.78, 5) is 2.39. The van der Waals surface area contributed by atoms with Gasteiger partial charge in [0.2, 0.25) is 0 Å². The summed E-state index contributed by atoms with van der Waals surface area (Å²) in [6.45, 7) is 7.41. The number of aromatic nitrogens is 1. The lowest BCUT2D eigenvalue weighted by Crippen LogP contribution is -2.52. The maximum Gasteiger partial charge on any atom is 0.124 e. The van der Waals surface area contributed by atoms with Gasteiger partial charge in [-0.3, -0.25) is 4.90 Å². The van der Waals surface area contributed by atoms with E-state index in [1.807, 2.05) is 6.07 Å². The second kappa shape index (κ2) is 5.17. The van der Waals surface area contributed by atoms with Gasteiger partial charge in [0.05, 0.1) is 5.69 Å². The molecule has 16 heavy (non-hydrogen) atoms. The van der Waals surface area contributed by atoms with Gasteiger partial charge < -0.3 is 10.3 Å². The molecule has 0 amide bonds. The topological polar surface area (TPSA) is 55.3 Å². The lowest BCUT2D eigenvalue weighted by Gasteiger charge is -2.42. The van der Waals surface area contributed by atoms with Crippen LogP contribution in [0.1, 0.15) is 26.0 Å². The maximum absolute atomic E-state index is 6.09. The molecule has 1 aromatic rings. The fourth-order valence-electron chi connectivity index (χ4n) is 2.17. The Labute approximate surface area is 103 Å². The molecule has 2 rings (SSSR count). The minimum Gasteiger partial charge on any atom is -0.364 e. The SMILES string of the molecule is CC1(C)CN(Cc2ccon2)CCC1N.Cl. The minimum atomic E-state index is 0. The minimum absolute atomic E-state index is 0. The van der Waals surface area contributed by atoms with Crippen LogP contribution in [0, 0.1) is 5.41 Å². The fourth-order valence-corrected chi connectivity index (χ4v) is 2.17. The first-order chi connectivity index (χ1) is 7.08. The fraction of sp³-hybridized carbons (Fsp3) is 0.727. The highest BCUT2D eigenvalue weighted by Crippen LogP contribution is 2.28. The number of rotatable bonds is 2. The first-order valence-corrected chi connectivity index (χ1v) is 5.45. The molecule has 1 aliphatic heterocycles. The molecule has 1 aliphatic rings. The molecule has 2 N–H and O–H groups in total. The normalized spacial score (nSPS) is 25.1. The summed E-state index contributed by atoms with van der Waals surface area (Å²) in [7, 11) is 0. The third-order valence-electron chi connectivity index (χ3n) is 3.27. The van der Waals surface area contributed by atoms with E-state index in [2.05, 4.69) is 23.9 Å². The van der Waals surface area contributed by atoms with Crippen molar-refractivity contribution >= 4 is 12.4 Å². The Bertz CT molecular complexity index is 313. The number of piperidine rings is 1. The average molecular weight is 246 g/mol. The van der Waals surface area contributed by atoms with E-state index in [-0.39, 0.29) is 17.8 Å². The van der Waals surface area contributed by atoms with Crippen LogP contribution in [0.5, 0.6) is 0 Å². The largest absolute Gasteiger partial charge is 0.364 e. The Balaban J connectivity index is 0.00000128. The predicted molar refractivity (Wildman–Crippen MR) is 65.4 cm³/mol. The maximum atomic E-state index is 6.09. The average Bonchev–Trinajstić information content (AvgIpc) is 2.63. The van der Waals surface area contributed by atoms with Crippen LogP contribution in [0.4, 0.5) is 0 Å². The molecule has 1 aromatic heterocycles. The number of nitrogens with two attached hydrogens (primary N) is 1. The molecule has 0 saturated carbocycles. The highest BCUT2D eigenvalue weighted by atomic mass is 35.5. The van der Waals surface area contributed by atoms with Gasteiger partial charge in [-0.1, -0.05) is 19.0 Å². The van der Waals surface area contributed by atoms with Crippen LogP contribution in [-0.4, -0.2) is 29.2 Å². The molecule has 92 valence electrons. The zero-order chi connectivity index (χ0) is 10.9. The van der Waals surface area contributed by atoms with E-state index < -0.39 is 0 Å². The Morgan fingerprint density at radius 3 is 2.94 bits per heavy atom. The van der Waals surface area contributed by atoms with E-state index in [0.29, 0.717) is 6.04 Å². The molecule has 1 unspecified atom stereocenters. The van der Waals surface area contributed by atoms with Gasteiger partial charge in [0.15, 0.2) is 0 Å². The van der Waals surface area contributed by atoms with Crippen molar-refractivity contribution in [1.29, 1.82) is 0 Å². The summed E-state index contributed by atoms with van der Waals surface area (Å²) < 4.78 is 4.83. The zero-order valence-electron chi connectivity index (χ0n) is 9.85. The van der Waals surface area contributed by atoms with Gasteiger partial charge in [0.25, 0.3) is 0 Å². The molecule has 0 bridgehead atoms. The molecule has 1 fully saturated rings. The van der Waals surface area contributed by atoms with Crippen LogP contribution >= 0.6 is 12.4 Å². The molecule has 4 nitrogen and oxygen atoms in total. The van der Waals surface area contributed by atoms with E-state index >= 15 is 0 Å². The lowest BCUT2D eigenvalue weighted by molar-refractivity contribution is 0.0880. The summed E-state index contributed by atoms with van der Waals surface area (Å²) in [5.74, 6) is 0. The Morgan fingerprint density at radius 1 is 1.62 bits per heavy atom. The number of nitrogens with zero attached hydrogens (tertiary/aromatic N) is 2. The smallest absolute Gasteiger partial charge is 0.124 e. The monoisotopic (exact) mass is 245 g/mol. The third kappa shape index (κ3) is 2.97. The second-order valence-electron chi connectivity index (χ2n) is 5.09. The van der Waals surface area contributed by atoms with Gasteiger partial charge in [0, 0.05) is 31.7 Å². The van der Waals surface area contributed by atoms with E-state index in [4.69, 9.17) is 10.3 Å². The molecule has 2 heterocycles. The van der Waals surface area contributed by atoms with Gasteiger partial charge in [-0.25, -0.2) is 0 Å². The summed E-state index contributed by atoms with van der Waals surface area (Å²) in [5, 5.41) is 3.93.